The molecular formula is C8H13NO4. The van der Waals surface area contributed by atoms with Crippen molar-refractivity contribution >= 4 is 12.1 Å². The van der Waals surface area contributed by atoms with Gasteiger partial charge in [-0.3, -0.25) is 4.90 Å². The van der Waals surface area contributed by atoms with Gasteiger partial charge in [-0.2, -0.15) is 0 Å². The molecule has 1 heterocycles. The Labute approximate surface area is 76.3 Å². The van der Waals surface area contributed by atoms with Crippen LogP contribution in [0.25, 0.3) is 0 Å². The predicted molar refractivity (Wildman–Crippen MR) is 44.4 cm³/mol. The molecule has 0 spiro atoms. The van der Waals surface area contributed by atoms with Crippen molar-refractivity contribution in [1.29, 1.82) is 0 Å². The van der Waals surface area contributed by atoms with Crippen LogP contribution in [0.3, 0.4) is 0 Å². The number of aliphatic carboxylic acids is 1. The standard InChI is InChI=1S/C8H13NO4/c1-5(2)9-7(12)13-4-8(9,3)6(10)11/h5H,4H2,1-3H3,(H,10,11). The molecular weight excluding hydrogens is 174 g/mol. The first-order chi connectivity index (χ1) is 5.89. The summed E-state index contributed by atoms with van der Waals surface area (Å²) in [5, 5.41) is 8.94. The Morgan fingerprint density at radius 1 is 1.69 bits per heavy atom. The van der Waals surface area contributed by atoms with Crippen LogP contribution in [0.4, 0.5) is 4.79 Å². The molecule has 1 saturated heterocycles. The van der Waals surface area contributed by atoms with Crippen molar-refractivity contribution in [2.75, 3.05) is 6.61 Å². The van der Waals surface area contributed by atoms with Crippen LogP contribution in [0, 0.1) is 0 Å². The number of carboxylic acid groups (broad SMARTS) is 1. The van der Waals surface area contributed by atoms with E-state index in [0.29, 0.717) is 0 Å². The zero-order chi connectivity index (χ0) is 10.2. The molecule has 0 aromatic carbocycles. The normalized spacial score (nSPS) is 28.0. The Morgan fingerprint density at radius 2 is 2.23 bits per heavy atom. The fourth-order valence-electron chi connectivity index (χ4n) is 1.49. The van der Waals surface area contributed by atoms with Gasteiger partial charge < -0.3 is 9.84 Å². The Hall–Kier alpha value is -1.26. The molecule has 0 saturated carbocycles. The lowest BCUT2D eigenvalue weighted by atomic mass is 10.0. The second kappa shape index (κ2) is 2.90. The van der Waals surface area contributed by atoms with Crippen LogP contribution in [0.5, 0.6) is 0 Å². The van der Waals surface area contributed by atoms with Crippen LogP contribution in [-0.4, -0.2) is 40.3 Å². The van der Waals surface area contributed by atoms with Gasteiger partial charge in [0.15, 0.2) is 5.54 Å². The number of cyclic esters (lactones) is 1. The average Bonchev–Trinajstić information content (AvgIpc) is 2.28. The van der Waals surface area contributed by atoms with E-state index in [1.54, 1.807) is 13.8 Å². The van der Waals surface area contributed by atoms with Gasteiger partial charge in [0.05, 0.1) is 0 Å². The van der Waals surface area contributed by atoms with E-state index in [1.807, 2.05) is 0 Å². The molecule has 1 atom stereocenters. The molecule has 0 bridgehead atoms. The third kappa shape index (κ3) is 1.34. The third-order valence-electron chi connectivity index (χ3n) is 2.18. The largest absolute Gasteiger partial charge is 0.479 e. The van der Waals surface area contributed by atoms with Crippen molar-refractivity contribution in [3.8, 4) is 0 Å². The molecule has 1 amide bonds. The van der Waals surface area contributed by atoms with Crippen LogP contribution in [0.1, 0.15) is 20.8 Å². The van der Waals surface area contributed by atoms with E-state index < -0.39 is 17.6 Å². The minimum atomic E-state index is -1.22. The molecule has 5 heteroatoms. The predicted octanol–water partition coefficient (Wildman–Crippen LogP) is 0.690. The minimum absolute atomic E-state index is 0.0840. The smallest absolute Gasteiger partial charge is 0.411 e. The summed E-state index contributed by atoms with van der Waals surface area (Å²) in [4.78, 5) is 23.3. The fraction of sp³-hybridized carbons (Fsp3) is 0.750. The average molecular weight is 187 g/mol. The molecule has 1 unspecified atom stereocenters. The molecule has 0 aromatic rings. The van der Waals surface area contributed by atoms with Crippen molar-refractivity contribution in [3.05, 3.63) is 0 Å². The van der Waals surface area contributed by atoms with E-state index in [4.69, 9.17) is 9.84 Å². The zero-order valence-electron chi connectivity index (χ0n) is 7.90. The maximum Gasteiger partial charge on any atom is 0.411 e. The summed E-state index contributed by atoms with van der Waals surface area (Å²) in [6, 6.07) is -0.170. The van der Waals surface area contributed by atoms with Gasteiger partial charge in [-0.05, 0) is 20.8 Å². The summed E-state index contributed by atoms with van der Waals surface area (Å²) < 4.78 is 4.71. The van der Waals surface area contributed by atoms with Crippen LogP contribution in [0.15, 0.2) is 0 Å². The molecule has 1 aliphatic heterocycles. The number of amides is 1. The van der Waals surface area contributed by atoms with Crippen LogP contribution < -0.4 is 0 Å². The first-order valence-corrected chi connectivity index (χ1v) is 4.09. The van der Waals surface area contributed by atoms with E-state index in [9.17, 15) is 9.59 Å². The first-order valence-electron chi connectivity index (χ1n) is 4.09. The Bertz CT molecular complexity index is 251. The van der Waals surface area contributed by atoms with Crippen LogP contribution in [-0.2, 0) is 9.53 Å². The van der Waals surface area contributed by atoms with E-state index in [-0.39, 0.29) is 12.6 Å². The summed E-state index contributed by atoms with van der Waals surface area (Å²) in [6.07, 6.45) is -0.556. The van der Waals surface area contributed by atoms with Crippen LogP contribution in [0.2, 0.25) is 0 Å². The van der Waals surface area contributed by atoms with Gasteiger partial charge in [0.1, 0.15) is 6.61 Å². The SMILES string of the molecule is CC(C)N1C(=O)OCC1(C)C(=O)O. The van der Waals surface area contributed by atoms with Crippen molar-refractivity contribution in [3.63, 3.8) is 0 Å². The number of rotatable bonds is 2. The van der Waals surface area contributed by atoms with E-state index >= 15 is 0 Å². The van der Waals surface area contributed by atoms with Gasteiger partial charge in [-0.1, -0.05) is 0 Å². The minimum Gasteiger partial charge on any atom is -0.479 e. The zero-order valence-corrected chi connectivity index (χ0v) is 7.90. The number of carbonyl (C=O) groups is 2. The van der Waals surface area contributed by atoms with Gasteiger partial charge >= 0.3 is 12.1 Å². The quantitative estimate of drug-likeness (QED) is 0.690. The number of hydrogen-bond acceptors (Lipinski definition) is 3. The first kappa shape index (κ1) is 9.83. The third-order valence-corrected chi connectivity index (χ3v) is 2.18. The Balaban J connectivity index is 2.99. The van der Waals surface area contributed by atoms with E-state index in [0.717, 1.165) is 0 Å². The summed E-state index contributed by atoms with van der Waals surface area (Å²) in [7, 11) is 0. The van der Waals surface area contributed by atoms with Crippen molar-refractivity contribution in [2.45, 2.75) is 32.4 Å². The highest BCUT2D eigenvalue weighted by Crippen LogP contribution is 2.26. The molecule has 1 fully saturated rings. The maximum absolute atomic E-state index is 11.2. The van der Waals surface area contributed by atoms with E-state index in [2.05, 4.69) is 0 Å². The number of carboxylic acids is 1. The highest BCUT2D eigenvalue weighted by atomic mass is 16.6. The molecule has 1 N–H and O–H groups in total. The Kier molecular flexibility index (Phi) is 2.19. The highest BCUT2D eigenvalue weighted by molar-refractivity contribution is 5.87. The highest BCUT2D eigenvalue weighted by Gasteiger charge is 2.50. The number of ether oxygens (including phenoxy) is 1. The van der Waals surface area contributed by atoms with Crippen molar-refractivity contribution in [2.24, 2.45) is 0 Å². The lowest BCUT2D eigenvalue weighted by Gasteiger charge is -2.30. The number of nitrogens with zero attached hydrogens (tertiary/aromatic N) is 1. The van der Waals surface area contributed by atoms with Gasteiger partial charge in [0.2, 0.25) is 0 Å². The maximum atomic E-state index is 11.2. The number of hydrogen-bond donors (Lipinski definition) is 1. The van der Waals surface area contributed by atoms with Crippen molar-refractivity contribution < 1.29 is 19.4 Å². The fourth-order valence-corrected chi connectivity index (χ4v) is 1.49. The van der Waals surface area contributed by atoms with Gasteiger partial charge in [0.25, 0.3) is 0 Å². The monoisotopic (exact) mass is 187 g/mol. The second-order valence-corrected chi connectivity index (χ2v) is 3.60. The van der Waals surface area contributed by atoms with Crippen LogP contribution >= 0.6 is 0 Å². The molecule has 0 aromatic heterocycles. The molecule has 5 nitrogen and oxygen atoms in total. The lowest BCUT2D eigenvalue weighted by Crippen LogP contribution is -2.53. The molecule has 1 rings (SSSR count). The van der Waals surface area contributed by atoms with E-state index in [1.165, 1.54) is 11.8 Å². The molecule has 0 radical (unpaired) electrons. The molecule has 74 valence electrons. The Morgan fingerprint density at radius 3 is 2.54 bits per heavy atom. The summed E-state index contributed by atoms with van der Waals surface area (Å²) >= 11 is 0. The molecule has 1 aliphatic rings. The van der Waals surface area contributed by atoms with Gasteiger partial charge in [-0.25, -0.2) is 9.59 Å². The van der Waals surface area contributed by atoms with Gasteiger partial charge in [-0.15, -0.1) is 0 Å². The molecule has 13 heavy (non-hydrogen) atoms. The summed E-state index contributed by atoms with van der Waals surface area (Å²) in [6.45, 7) is 4.92. The van der Waals surface area contributed by atoms with Crippen molar-refractivity contribution in [1.82, 2.24) is 4.90 Å². The molecule has 0 aliphatic carbocycles. The topological polar surface area (TPSA) is 66.8 Å². The van der Waals surface area contributed by atoms with Gasteiger partial charge in [0, 0.05) is 6.04 Å². The number of carbonyl (C=O) groups excluding carboxylic acids is 1. The lowest BCUT2D eigenvalue weighted by molar-refractivity contribution is -0.148. The summed E-state index contributed by atoms with van der Waals surface area (Å²) in [5.41, 5.74) is -1.22. The summed E-state index contributed by atoms with van der Waals surface area (Å²) in [5.74, 6) is -1.04. The second-order valence-electron chi connectivity index (χ2n) is 3.60.